The van der Waals surface area contributed by atoms with Crippen molar-refractivity contribution in [3.63, 3.8) is 0 Å². The molecule has 0 radical (unpaired) electrons. The molecule has 0 saturated carbocycles. The zero-order valence-electron chi connectivity index (χ0n) is 11.9. The Morgan fingerprint density at radius 2 is 2.00 bits per heavy atom. The van der Waals surface area contributed by atoms with Gasteiger partial charge in [0.1, 0.15) is 11.8 Å². The summed E-state index contributed by atoms with van der Waals surface area (Å²) in [5, 5.41) is 18.4. The van der Waals surface area contributed by atoms with E-state index in [0.29, 0.717) is 17.9 Å². The fourth-order valence-corrected chi connectivity index (χ4v) is 3.63. The number of thioether (sulfide) groups is 1. The SMILES string of the molecule is CCC1SCC(C(=O)O)N1C(=O)N(C)c1ccc(O)cc1. The van der Waals surface area contributed by atoms with Crippen molar-refractivity contribution in [2.45, 2.75) is 24.8 Å². The number of aliphatic carboxylic acids is 1. The van der Waals surface area contributed by atoms with Crippen molar-refractivity contribution in [3.8, 4) is 5.75 Å². The largest absolute Gasteiger partial charge is 0.508 e. The van der Waals surface area contributed by atoms with Gasteiger partial charge in [-0.1, -0.05) is 6.92 Å². The maximum Gasteiger partial charge on any atom is 0.327 e. The molecule has 2 amide bonds. The average Bonchev–Trinajstić information content (AvgIpc) is 2.90. The lowest BCUT2D eigenvalue weighted by molar-refractivity contribution is -0.141. The van der Waals surface area contributed by atoms with E-state index >= 15 is 0 Å². The molecule has 1 heterocycles. The molecule has 1 saturated heterocycles. The van der Waals surface area contributed by atoms with E-state index in [9.17, 15) is 19.8 Å². The number of benzene rings is 1. The molecule has 0 spiro atoms. The normalized spacial score (nSPS) is 21.3. The number of hydrogen-bond acceptors (Lipinski definition) is 4. The zero-order chi connectivity index (χ0) is 15.6. The molecule has 0 aliphatic carbocycles. The van der Waals surface area contributed by atoms with Crippen molar-refractivity contribution in [2.75, 3.05) is 17.7 Å². The van der Waals surface area contributed by atoms with Crippen molar-refractivity contribution >= 4 is 29.4 Å². The van der Waals surface area contributed by atoms with Gasteiger partial charge in [-0.2, -0.15) is 0 Å². The average molecular weight is 310 g/mol. The van der Waals surface area contributed by atoms with Crippen LogP contribution >= 0.6 is 11.8 Å². The Labute approximate surface area is 127 Å². The Morgan fingerprint density at radius 3 is 2.52 bits per heavy atom. The summed E-state index contributed by atoms with van der Waals surface area (Å²) in [6.45, 7) is 1.93. The monoisotopic (exact) mass is 310 g/mol. The number of amides is 2. The molecule has 2 unspecified atom stereocenters. The molecule has 2 N–H and O–H groups in total. The number of hydrogen-bond donors (Lipinski definition) is 2. The minimum Gasteiger partial charge on any atom is -0.508 e. The van der Waals surface area contributed by atoms with E-state index in [2.05, 4.69) is 0 Å². The summed E-state index contributed by atoms with van der Waals surface area (Å²) in [7, 11) is 1.60. The molecule has 6 nitrogen and oxygen atoms in total. The van der Waals surface area contributed by atoms with Crippen LogP contribution in [0.25, 0.3) is 0 Å². The van der Waals surface area contributed by atoms with Gasteiger partial charge in [-0.25, -0.2) is 9.59 Å². The molecule has 1 aromatic carbocycles. The molecule has 1 aromatic rings. The summed E-state index contributed by atoms with van der Waals surface area (Å²) in [4.78, 5) is 26.8. The number of rotatable bonds is 3. The fraction of sp³-hybridized carbons (Fsp3) is 0.429. The number of carboxylic acids is 1. The van der Waals surface area contributed by atoms with Crippen LogP contribution in [0, 0.1) is 0 Å². The number of carboxylic acid groups (broad SMARTS) is 1. The Hall–Kier alpha value is -1.89. The van der Waals surface area contributed by atoms with Crippen LogP contribution in [0.1, 0.15) is 13.3 Å². The predicted octanol–water partition coefficient (Wildman–Crippen LogP) is 2.19. The van der Waals surface area contributed by atoms with Gasteiger partial charge in [-0.15, -0.1) is 11.8 Å². The van der Waals surface area contributed by atoms with Gasteiger partial charge >= 0.3 is 12.0 Å². The number of aromatic hydroxyl groups is 1. The van der Waals surface area contributed by atoms with Gasteiger partial charge in [-0.05, 0) is 30.7 Å². The smallest absolute Gasteiger partial charge is 0.327 e. The molecule has 2 atom stereocenters. The van der Waals surface area contributed by atoms with Gasteiger partial charge < -0.3 is 10.2 Å². The number of phenols is 1. The van der Waals surface area contributed by atoms with Crippen LogP contribution in [-0.2, 0) is 4.79 Å². The fourth-order valence-electron chi connectivity index (χ4n) is 2.28. The highest BCUT2D eigenvalue weighted by molar-refractivity contribution is 8.00. The van der Waals surface area contributed by atoms with Gasteiger partial charge in [0.2, 0.25) is 0 Å². The van der Waals surface area contributed by atoms with Crippen LogP contribution in [0.3, 0.4) is 0 Å². The van der Waals surface area contributed by atoms with Crippen molar-refractivity contribution in [2.24, 2.45) is 0 Å². The maximum absolute atomic E-state index is 12.6. The minimum absolute atomic E-state index is 0.117. The number of urea groups is 1. The molecule has 7 heteroatoms. The summed E-state index contributed by atoms with van der Waals surface area (Å²) in [6.07, 6.45) is 0.698. The van der Waals surface area contributed by atoms with Gasteiger partial charge in [0, 0.05) is 18.5 Å². The lowest BCUT2D eigenvalue weighted by Crippen LogP contribution is -2.50. The van der Waals surface area contributed by atoms with Crippen LogP contribution in [0.15, 0.2) is 24.3 Å². The Bertz CT molecular complexity index is 534. The predicted molar refractivity (Wildman–Crippen MR) is 81.7 cm³/mol. The van der Waals surface area contributed by atoms with Gasteiger partial charge in [0.05, 0.1) is 5.37 Å². The number of anilines is 1. The van der Waals surface area contributed by atoms with Crippen LogP contribution in [0.5, 0.6) is 5.75 Å². The van der Waals surface area contributed by atoms with E-state index in [1.54, 1.807) is 19.2 Å². The molecular weight excluding hydrogens is 292 g/mol. The first-order chi connectivity index (χ1) is 9.95. The topological polar surface area (TPSA) is 81.1 Å². The highest BCUT2D eigenvalue weighted by Gasteiger charge is 2.42. The van der Waals surface area contributed by atoms with E-state index in [1.807, 2.05) is 6.92 Å². The second-order valence-corrected chi connectivity index (χ2v) is 6.03. The molecule has 0 aromatic heterocycles. The Balaban J connectivity index is 2.23. The minimum atomic E-state index is -0.981. The molecule has 1 aliphatic heterocycles. The molecular formula is C14H18N2O4S. The van der Waals surface area contributed by atoms with Crippen molar-refractivity contribution < 1.29 is 19.8 Å². The summed E-state index contributed by atoms with van der Waals surface area (Å²) in [6, 6.07) is 5.07. The van der Waals surface area contributed by atoms with Gasteiger partial charge in [0.15, 0.2) is 0 Å². The molecule has 21 heavy (non-hydrogen) atoms. The van der Waals surface area contributed by atoms with E-state index in [0.717, 1.165) is 0 Å². The second kappa shape index (κ2) is 6.26. The van der Waals surface area contributed by atoms with Gasteiger partial charge in [-0.3, -0.25) is 9.80 Å². The van der Waals surface area contributed by atoms with Crippen LogP contribution < -0.4 is 4.90 Å². The zero-order valence-corrected chi connectivity index (χ0v) is 12.7. The summed E-state index contributed by atoms with van der Waals surface area (Å²) in [5.74, 6) is -0.458. The van der Waals surface area contributed by atoms with E-state index in [1.165, 1.54) is 33.7 Å². The third-order valence-corrected chi connectivity index (χ3v) is 4.93. The standard InChI is InChI=1S/C14H18N2O4S/c1-3-12-16(11(8-21-12)13(18)19)14(20)15(2)9-4-6-10(17)7-5-9/h4-7,11-12,17H,3,8H2,1-2H3,(H,18,19). The number of nitrogens with zero attached hydrogens (tertiary/aromatic N) is 2. The summed E-state index contributed by atoms with van der Waals surface area (Å²) < 4.78 is 0. The molecule has 0 bridgehead atoms. The second-order valence-electron chi connectivity index (χ2n) is 4.82. The van der Waals surface area contributed by atoms with Gasteiger partial charge in [0.25, 0.3) is 0 Å². The first-order valence-electron chi connectivity index (χ1n) is 6.65. The van der Waals surface area contributed by atoms with Crippen molar-refractivity contribution in [1.82, 2.24) is 4.90 Å². The maximum atomic E-state index is 12.6. The Kier molecular flexibility index (Phi) is 4.62. The van der Waals surface area contributed by atoms with Crippen LogP contribution in [-0.4, -0.2) is 51.3 Å². The lowest BCUT2D eigenvalue weighted by atomic mass is 10.2. The quantitative estimate of drug-likeness (QED) is 0.894. The van der Waals surface area contributed by atoms with Crippen molar-refractivity contribution in [3.05, 3.63) is 24.3 Å². The molecule has 1 fully saturated rings. The molecule has 114 valence electrons. The van der Waals surface area contributed by atoms with Crippen LogP contribution in [0.4, 0.5) is 10.5 Å². The summed E-state index contributed by atoms with van der Waals surface area (Å²) >= 11 is 1.49. The number of carbonyl (C=O) groups is 2. The molecule has 2 rings (SSSR count). The Morgan fingerprint density at radius 1 is 1.38 bits per heavy atom. The number of phenolic OH excluding ortho intramolecular Hbond substituents is 1. The van der Waals surface area contributed by atoms with Crippen molar-refractivity contribution in [1.29, 1.82) is 0 Å². The summed E-state index contributed by atoms with van der Waals surface area (Å²) in [5.41, 5.74) is 0.605. The highest BCUT2D eigenvalue weighted by Crippen LogP contribution is 2.33. The highest BCUT2D eigenvalue weighted by atomic mass is 32.2. The first-order valence-corrected chi connectivity index (χ1v) is 7.70. The van der Waals surface area contributed by atoms with E-state index in [-0.39, 0.29) is 17.2 Å². The third-order valence-electron chi connectivity index (χ3n) is 3.47. The van der Waals surface area contributed by atoms with Crippen LogP contribution in [0.2, 0.25) is 0 Å². The molecule has 1 aliphatic rings. The van der Waals surface area contributed by atoms with E-state index in [4.69, 9.17) is 0 Å². The third kappa shape index (κ3) is 3.07. The number of carbonyl (C=O) groups excluding carboxylic acids is 1. The lowest BCUT2D eigenvalue weighted by Gasteiger charge is -2.31. The first kappa shape index (κ1) is 15.5. The van der Waals surface area contributed by atoms with E-state index < -0.39 is 12.0 Å².